The minimum Gasteiger partial charge on any atom is -0.481 e. The smallest absolute Gasteiger partial charge is 0.315 e. The molecule has 1 rings (SSSR count). The fourth-order valence-electron chi connectivity index (χ4n) is 2.58. The first-order valence-electron chi connectivity index (χ1n) is 7.09. The van der Waals surface area contributed by atoms with Crippen LogP contribution in [0.15, 0.2) is 0 Å². The third-order valence-corrected chi connectivity index (χ3v) is 3.64. The Hall–Kier alpha value is -1.26. The fourth-order valence-corrected chi connectivity index (χ4v) is 2.58. The van der Waals surface area contributed by atoms with Gasteiger partial charge in [0.2, 0.25) is 0 Å². The average Bonchev–Trinajstić information content (AvgIpc) is 2.40. The Kier molecular flexibility index (Phi) is 5.63. The number of urea groups is 1. The van der Waals surface area contributed by atoms with E-state index in [9.17, 15) is 9.59 Å². The summed E-state index contributed by atoms with van der Waals surface area (Å²) in [6.45, 7) is 5.68. The van der Waals surface area contributed by atoms with E-state index in [1.807, 2.05) is 0 Å². The lowest BCUT2D eigenvalue weighted by Crippen LogP contribution is -2.51. The number of amides is 2. The van der Waals surface area contributed by atoms with Crippen LogP contribution < -0.4 is 10.6 Å². The van der Waals surface area contributed by atoms with Crippen LogP contribution >= 0.6 is 0 Å². The molecule has 1 aliphatic carbocycles. The number of carbonyl (C=O) groups is 2. The molecule has 0 aromatic carbocycles. The standard InChI is InChI=1S/C14H26N2O3/c1-10-5-4-6-11(8-7-10)15-13(19)16-14(2,3)9-12(17)18/h10-11H,4-9H2,1-3H3,(H,17,18)(H2,15,16,19). The van der Waals surface area contributed by atoms with E-state index in [1.54, 1.807) is 13.8 Å². The summed E-state index contributed by atoms with van der Waals surface area (Å²) in [6.07, 6.45) is 5.45. The molecule has 0 radical (unpaired) electrons. The van der Waals surface area contributed by atoms with Crippen LogP contribution in [-0.4, -0.2) is 28.7 Å². The first-order valence-corrected chi connectivity index (χ1v) is 7.09. The second-order valence-electron chi connectivity index (χ2n) is 6.36. The maximum absolute atomic E-state index is 11.9. The highest BCUT2D eigenvalue weighted by atomic mass is 16.4. The van der Waals surface area contributed by atoms with Crippen molar-refractivity contribution in [3.8, 4) is 0 Å². The van der Waals surface area contributed by atoms with Crippen LogP contribution in [0.1, 0.15) is 59.3 Å². The molecule has 0 aromatic rings. The zero-order chi connectivity index (χ0) is 14.5. The van der Waals surface area contributed by atoms with E-state index < -0.39 is 11.5 Å². The molecule has 0 bridgehead atoms. The minimum atomic E-state index is -0.909. The zero-order valence-electron chi connectivity index (χ0n) is 12.2. The first-order chi connectivity index (χ1) is 8.78. The van der Waals surface area contributed by atoms with Crippen LogP contribution in [0, 0.1) is 5.92 Å². The van der Waals surface area contributed by atoms with Crippen molar-refractivity contribution >= 4 is 12.0 Å². The lowest BCUT2D eigenvalue weighted by Gasteiger charge is -2.26. The van der Waals surface area contributed by atoms with Gasteiger partial charge in [0.15, 0.2) is 0 Å². The van der Waals surface area contributed by atoms with Gasteiger partial charge in [-0.1, -0.05) is 19.8 Å². The van der Waals surface area contributed by atoms with Gasteiger partial charge in [-0.3, -0.25) is 4.79 Å². The normalized spacial score (nSPS) is 24.4. The predicted molar refractivity (Wildman–Crippen MR) is 74.0 cm³/mol. The van der Waals surface area contributed by atoms with Crippen molar-refractivity contribution < 1.29 is 14.7 Å². The number of hydrogen-bond acceptors (Lipinski definition) is 2. The van der Waals surface area contributed by atoms with E-state index in [4.69, 9.17) is 5.11 Å². The molecule has 3 N–H and O–H groups in total. The lowest BCUT2D eigenvalue weighted by molar-refractivity contribution is -0.138. The van der Waals surface area contributed by atoms with Gasteiger partial charge in [-0.05, 0) is 39.0 Å². The molecule has 0 aromatic heterocycles. The number of carboxylic acid groups (broad SMARTS) is 1. The van der Waals surface area contributed by atoms with Crippen LogP contribution in [0.3, 0.4) is 0 Å². The number of carbonyl (C=O) groups excluding carboxylic acids is 1. The van der Waals surface area contributed by atoms with E-state index in [-0.39, 0.29) is 18.5 Å². The van der Waals surface area contributed by atoms with Gasteiger partial charge < -0.3 is 15.7 Å². The molecule has 0 aliphatic heterocycles. The summed E-state index contributed by atoms with van der Waals surface area (Å²) in [5.41, 5.74) is -0.728. The molecule has 0 heterocycles. The number of aliphatic carboxylic acids is 1. The van der Waals surface area contributed by atoms with E-state index in [1.165, 1.54) is 6.42 Å². The fraction of sp³-hybridized carbons (Fsp3) is 0.857. The molecule has 0 saturated heterocycles. The van der Waals surface area contributed by atoms with E-state index in [2.05, 4.69) is 17.6 Å². The van der Waals surface area contributed by atoms with E-state index in [0.29, 0.717) is 0 Å². The van der Waals surface area contributed by atoms with Gasteiger partial charge in [-0.15, -0.1) is 0 Å². The predicted octanol–water partition coefficient (Wildman–Crippen LogP) is 2.51. The van der Waals surface area contributed by atoms with Gasteiger partial charge in [0.1, 0.15) is 0 Å². The number of hydrogen-bond donors (Lipinski definition) is 3. The summed E-state index contributed by atoms with van der Waals surface area (Å²) >= 11 is 0. The molecule has 5 nitrogen and oxygen atoms in total. The van der Waals surface area contributed by atoms with Crippen molar-refractivity contribution in [1.29, 1.82) is 0 Å². The van der Waals surface area contributed by atoms with Crippen molar-refractivity contribution in [2.45, 2.75) is 70.9 Å². The monoisotopic (exact) mass is 270 g/mol. The molecule has 1 fully saturated rings. The Labute approximate surface area is 115 Å². The molecule has 19 heavy (non-hydrogen) atoms. The molecular formula is C14H26N2O3. The number of rotatable bonds is 4. The number of nitrogens with one attached hydrogen (secondary N) is 2. The molecule has 1 saturated carbocycles. The first kappa shape index (κ1) is 15.8. The van der Waals surface area contributed by atoms with Crippen molar-refractivity contribution in [1.82, 2.24) is 10.6 Å². The van der Waals surface area contributed by atoms with Crippen molar-refractivity contribution in [2.75, 3.05) is 0 Å². The zero-order valence-corrected chi connectivity index (χ0v) is 12.2. The third-order valence-electron chi connectivity index (χ3n) is 3.64. The van der Waals surface area contributed by atoms with Crippen LogP contribution in [0.25, 0.3) is 0 Å². The summed E-state index contributed by atoms with van der Waals surface area (Å²) in [5.74, 6) is -0.174. The van der Waals surface area contributed by atoms with Crippen LogP contribution in [0.2, 0.25) is 0 Å². The van der Waals surface area contributed by atoms with Crippen molar-refractivity contribution in [2.24, 2.45) is 5.92 Å². The highest BCUT2D eigenvalue weighted by molar-refractivity contribution is 5.76. The summed E-state index contributed by atoms with van der Waals surface area (Å²) in [6, 6.07) is -0.0450. The molecule has 110 valence electrons. The third kappa shape index (κ3) is 6.45. The SMILES string of the molecule is CC1CCCC(NC(=O)NC(C)(C)CC(=O)O)CC1. The average molecular weight is 270 g/mol. The van der Waals surface area contributed by atoms with Gasteiger partial charge >= 0.3 is 12.0 Å². The molecule has 0 spiro atoms. The maximum Gasteiger partial charge on any atom is 0.315 e. The molecule has 2 amide bonds. The molecule has 2 atom stereocenters. The Bertz CT molecular complexity index is 329. The molecule has 1 aliphatic rings. The highest BCUT2D eigenvalue weighted by Gasteiger charge is 2.25. The molecular weight excluding hydrogens is 244 g/mol. The largest absolute Gasteiger partial charge is 0.481 e. The topological polar surface area (TPSA) is 78.4 Å². The van der Waals surface area contributed by atoms with Crippen LogP contribution in [0.4, 0.5) is 4.79 Å². The van der Waals surface area contributed by atoms with Gasteiger partial charge in [0.25, 0.3) is 0 Å². The van der Waals surface area contributed by atoms with E-state index in [0.717, 1.165) is 31.6 Å². The van der Waals surface area contributed by atoms with Crippen LogP contribution in [-0.2, 0) is 4.79 Å². The maximum atomic E-state index is 11.9. The van der Waals surface area contributed by atoms with Gasteiger partial charge in [0.05, 0.1) is 6.42 Å². The Balaban J connectivity index is 2.39. The van der Waals surface area contributed by atoms with E-state index >= 15 is 0 Å². The lowest BCUT2D eigenvalue weighted by atomic mass is 10.0. The van der Waals surface area contributed by atoms with Crippen LogP contribution in [0.5, 0.6) is 0 Å². The Morgan fingerprint density at radius 2 is 1.89 bits per heavy atom. The van der Waals surface area contributed by atoms with Crippen molar-refractivity contribution in [3.05, 3.63) is 0 Å². The number of carboxylic acids is 1. The second kappa shape index (κ2) is 6.78. The summed E-state index contributed by atoms with van der Waals surface area (Å²) in [5, 5.41) is 14.5. The summed E-state index contributed by atoms with van der Waals surface area (Å²) in [4.78, 5) is 22.6. The molecule has 2 unspecified atom stereocenters. The summed E-state index contributed by atoms with van der Waals surface area (Å²) < 4.78 is 0. The quantitative estimate of drug-likeness (QED) is 0.687. The minimum absolute atomic E-state index is 0.0812. The Morgan fingerprint density at radius 3 is 2.53 bits per heavy atom. The second-order valence-corrected chi connectivity index (χ2v) is 6.36. The molecule has 5 heteroatoms. The van der Waals surface area contributed by atoms with Crippen molar-refractivity contribution in [3.63, 3.8) is 0 Å². The van der Waals surface area contributed by atoms with Gasteiger partial charge in [-0.25, -0.2) is 4.79 Å². The van der Waals surface area contributed by atoms with Gasteiger partial charge in [-0.2, -0.15) is 0 Å². The van der Waals surface area contributed by atoms with Gasteiger partial charge in [0, 0.05) is 11.6 Å². The highest BCUT2D eigenvalue weighted by Crippen LogP contribution is 2.22. The Morgan fingerprint density at radius 1 is 1.21 bits per heavy atom. The summed E-state index contributed by atoms with van der Waals surface area (Å²) in [7, 11) is 0.